The van der Waals surface area contributed by atoms with Gasteiger partial charge in [-0.3, -0.25) is 14.7 Å². The predicted octanol–water partition coefficient (Wildman–Crippen LogP) is 3.70. The third kappa shape index (κ3) is 5.38. The van der Waals surface area contributed by atoms with Crippen LogP contribution in [0.5, 0.6) is 0 Å². The summed E-state index contributed by atoms with van der Waals surface area (Å²) in [5, 5.41) is 17.6. The van der Waals surface area contributed by atoms with Gasteiger partial charge in [0, 0.05) is 24.6 Å². The van der Waals surface area contributed by atoms with Gasteiger partial charge in [0.15, 0.2) is 5.82 Å². The van der Waals surface area contributed by atoms with Crippen molar-refractivity contribution in [3.8, 4) is 0 Å². The van der Waals surface area contributed by atoms with Gasteiger partial charge < -0.3 is 9.05 Å². The van der Waals surface area contributed by atoms with Crippen molar-refractivity contribution in [2.24, 2.45) is 0 Å². The van der Waals surface area contributed by atoms with Gasteiger partial charge in [0.1, 0.15) is 0 Å². The lowest BCUT2D eigenvalue weighted by atomic mass is 10.1. The van der Waals surface area contributed by atoms with Gasteiger partial charge in [0.25, 0.3) is 5.69 Å². The van der Waals surface area contributed by atoms with Gasteiger partial charge in [-0.1, -0.05) is 17.3 Å². The highest BCUT2D eigenvalue weighted by molar-refractivity contribution is 8.55. The molecule has 1 aliphatic rings. The summed E-state index contributed by atoms with van der Waals surface area (Å²) in [6.45, 7) is -0.813. The van der Waals surface area contributed by atoms with Crippen LogP contribution in [0, 0.1) is 10.1 Å². The van der Waals surface area contributed by atoms with Crippen molar-refractivity contribution >= 4 is 23.8 Å². The van der Waals surface area contributed by atoms with Crippen molar-refractivity contribution in [2.45, 2.75) is 38.0 Å². The van der Waals surface area contributed by atoms with Crippen molar-refractivity contribution in [2.75, 3.05) is 6.61 Å². The number of nitro benzene ring substituents is 1. The molecular weight excluding hydrogens is 379 g/mol. The Hall–Kier alpha value is -1.74. The average molecular weight is 398 g/mol. The zero-order valence-electron chi connectivity index (χ0n) is 14.2. The molecule has 1 aliphatic carbocycles. The van der Waals surface area contributed by atoms with E-state index in [0.29, 0.717) is 24.7 Å². The zero-order valence-corrected chi connectivity index (χ0v) is 15.9. The molecule has 0 saturated heterocycles. The molecule has 9 nitrogen and oxygen atoms in total. The van der Waals surface area contributed by atoms with E-state index in [0.717, 1.165) is 29.8 Å². The smallest absolute Gasteiger partial charge is 0.327 e. The number of aromatic nitrogens is 2. The third-order valence-corrected chi connectivity index (χ3v) is 7.63. The standard InChI is InChI=1S/C15H19N4O5PS/c1-2-23-25(22,18-12-5-6-12)26-10-15-16-14(17-24-15)9-11-3-7-13(8-4-11)19(20)21/h3-4,7-8,12H,2,5-6,9-10H2,1H3,(H,18,22)/t25-/m0/s1. The molecule has 1 fully saturated rings. The maximum Gasteiger partial charge on any atom is 0.327 e. The Balaban J connectivity index is 1.56. The molecule has 0 aliphatic heterocycles. The lowest BCUT2D eigenvalue weighted by Crippen LogP contribution is -2.13. The van der Waals surface area contributed by atoms with E-state index in [2.05, 4.69) is 15.2 Å². The molecule has 0 radical (unpaired) electrons. The largest absolute Gasteiger partial charge is 0.338 e. The maximum atomic E-state index is 12.7. The number of non-ortho nitro benzene ring substituents is 1. The molecule has 2 aromatic rings. The van der Waals surface area contributed by atoms with Crippen LogP contribution in [0.15, 0.2) is 28.8 Å². The topological polar surface area (TPSA) is 120 Å². The summed E-state index contributed by atoms with van der Waals surface area (Å²) in [4.78, 5) is 14.5. The van der Waals surface area contributed by atoms with Crippen molar-refractivity contribution < 1.29 is 18.5 Å². The van der Waals surface area contributed by atoms with E-state index in [1.165, 1.54) is 12.1 Å². The summed E-state index contributed by atoms with van der Waals surface area (Å²) in [6, 6.07) is 6.46. The summed E-state index contributed by atoms with van der Waals surface area (Å²) in [7, 11) is 0. The zero-order chi connectivity index (χ0) is 18.6. The lowest BCUT2D eigenvalue weighted by molar-refractivity contribution is -0.384. The van der Waals surface area contributed by atoms with E-state index < -0.39 is 11.6 Å². The first-order valence-corrected chi connectivity index (χ1v) is 11.4. The van der Waals surface area contributed by atoms with Gasteiger partial charge in [0.05, 0.1) is 17.3 Å². The molecule has 1 saturated carbocycles. The highest BCUT2D eigenvalue weighted by atomic mass is 32.7. The van der Waals surface area contributed by atoms with Crippen LogP contribution in [0.25, 0.3) is 0 Å². The fraction of sp³-hybridized carbons (Fsp3) is 0.467. The Morgan fingerprint density at radius 3 is 2.77 bits per heavy atom. The molecule has 0 amide bonds. The first-order valence-electron chi connectivity index (χ1n) is 8.19. The van der Waals surface area contributed by atoms with Crippen LogP contribution >= 0.6 is 18.1 Å². The molecule has 26 heavy (non-hydrogen) atoms. The minimum absolute atomic E-state index is 0.0359. The van der Waals surface area contributed by atoms with E-state index in [-0.39, 0.29) is 17.5 Å². The average Bonchev–Trinajstić information content (AvgIpc) is 3.30. The van der Waals surface area contributed by atoms with Crippen LogP contribution in [0.2, 0.25) is 0 Å². The summed E-state index contributed by atoms with van der Waals surface area (Å²) in [5.74, 6) is 1.12. The summed E-state index contributed by atoms with van der Waals surface area (Å²) >= 11 is 1.15. The minimum atomic E-state index is -2.98. The van der Waals surface area contributed by atoms with E-state index >= 15 is 0 Å². The summed E-state index contributed by atoms with van der Waals surface area (Å²) < 4.78 is 23.3. The monoisotopic (exact) mass is 398 g/mol. The second-order valence-corrected chi connectivity index (χ2v) is 10.1. The molecular formula is C15H19N4O5PS. The normalized spacial score (nSPS) is 16.3. The second kappa shape index (κ2) is 8.30. The van der Waals surface area contributed by atoms with Gasteiger partial charge in [-0.05, 0) is 36.7 Å². The number of hydrogen-bond acceptors (Lipinski definition) is 8. The fourth-order valence-electron chi connectivity index (χ4n) is 2.20. The Morgan fingerprint density at radius 2 is 2.15 bits per heavy atom. The summed E-state index contributed by atoms with van der Waals surface area (Å²) in [6.07, 6.45) is 2.42. The molecule has 0 unspecified atom stereocenters. The molecule has 1 aromatic heterocycles. The summed E-state index contributed by atoms with van der Waals surface area (Å²) in [5.41, 5.74) is 0.875. The van der Waals surface area contributed by atoms with Crippen LogP contribution in [-0.2, 0) is 21.3 Å². The molecule has 0 bridgehead atoms. The molecule has 1 heterocycles. The van der Waals surface area contributed by atoms with Gasteiger partial charge >= 0.3 is 6.72 Å². The number of nitro groups is 1. The maximum absolute atomic E-state index is 12.7. The fourth-order valence-corrected chi connectivity index (χ4v) is 5.92. The first-order chi connectivity index (χ1) is 12.5. The van der Waals surface area contributed by atoms with Crippen LogP contribution in [-0.4, -0.2) is 27.7 Å². The highest BCUT2D eigenvalue weighted by Gasteiger charge is 2.33. The third-order valence-electron chi connectivity index (χ3n) is 3.59. The molecule has 1 N–H and O–H groups in total. The number of nitrogens with zero attached hydrogens (tertiary/aromatic N) is 3. The Labute approximate surface area is 154 Å². The molecule has 3 rings (SSSR count). The second-order valence-electron chi connectivity index (χ2n) is 5.80. The van der Waals surface area contributed by atoms with Gasteiger partial charge in [-0.15, -0.1) is 0 Å². The molecule has 1 atom stereocenters. The molecule has 1 aromatic carbocycles. The van der Waals surface area contributed by atoms with E-state index in [4.69, 9.17) is 9.05 Å². The molecule has 0 spiro atoms. The lowest BCUT2D eigenvalue weighted by Gasteiger charge is -2.16. The molecule has 11 heteroatoms. The predicted molar refractivity (Wildman–Crippen MR) is 96.9 cm³/mol. The van der Waals surface area contributed by atoms with Crippen molar-refractivity contribution in [1.29, 1.82) is 0 Å². The number of nitrogens with one attached hydrogen (secondary N) is 1. The Kier molecular flexibility index (Phi) is 6.08. The van der Waals surface area contributed by atoms with E-state index in [9.17, 15) is 14.7 Å². The number of benzene rings is 1. The van der Waals surface area contributed by atoms with Crippen molar-refractivity contribution in [3.63, 3.8) is 0 Å². The van der Waals surface area contributed by atoms with Crippen LogP contribution in [0.4, 0.5) is 5.69 Å². The van der Waals surface area contributed by atoms with Gasteiger partial charge in [0.2, 0.25) is 5.89 Å². The Bertz CT molecular complexity index is 809. The van der Waals surface area contributed by atoms with Gasteiger partial charge in [-0.2, -0.15) is 4.98 Å². The van der Waals surface area contributed by atoms with Crippen molar-refractivity contribution in [3.05, 3.63) is 51.7 Å². The SMILES string of the molecule is CCO[P@@](=O)(NC1CC1)SCc1nc(Cc2ccc([N+](=O)[O-])cc2)no1. The highest BCUT2D eigenvalue weighted by Crippen LogP contribution is 2.58. The number of hydrogen-bond donors (Lipinski definition) is 1. The van der Waals surface area contributed by atoms with E-state index in [1.807, 2.05) is 0 Å². The number of rotatable bonds is 10. The minimum Gasteiger partial charge on any atom is -0.338 e. The van der Waals surface area contributed by atoms with Crippen LogP contribution in [0.3, 0.4) is 0 Å². The van der Waals surface area contributed by atoms with Gasteiger partial charge in [-0.25, -0.2) is 5.09 Å². The van der Waals surface area contributed by atoms with E-state index in [1.54, 1.807) is 19.1 Å². The quantitative estimate of drug-likeness (QED) is 0.363. The first kappa shape index (κ1) is 19.0. The van der Waals surface area contributed by atoms with Crippen LogP contribution in [0.1, 0.15) is 37.0 Å². The van der Waals surface area contributed by atoms with Crippen molar-refractivity contribution in [1.82, 2.24) is 15.2 Å². The Morgan fingerprint density at radius 1 is 1.42 bits per heavy atom. The van der Waals surface area contributed by atoms with Crippen LogP contribution < -0.4 is 5.09 Å². The molecule has 140 valence electrons.